The number of carbonyl (C=O) groups excluding carboxylic acids is 2. The lowest BCUT2D eigenvalue weighted by atomic mass is 10.1. The van der Waals surface area contributed by atoms with Gasteiger partial charge in [-0.2, -0.15) is 0 Å². The minimum atomic E-state index is -3.74. The maximum atomic E-state index is 13.4. The smallest absolute Gasteiger partial charge is 0.232 e. The average Bonchev–Trinajstić information content (AvgIpc) is 2.60. The molecule has 0 saturated heterocycles. The molecule has 2 aromatic carbocycles. The van der Waals surface area contributed by atoms with Crippen LogP contribution in [0.15, 0.2) is 42.5 Å². The number of halogens is 2. The van der Waals surface area contributed by atoms with Gasteiger partial charge in [0, 0.05) is 30.3 Å². The predicted molar refractivity (Wildman–Crippen MR) is 103 cm³/mol. The molecule has 150 valence electrons. The van der Waals surface area contributed by atoms with E-state index in [4.69, 9.17) is 0 Å². The van der Waals surface area contributed by atoms with Gasteiger partial charge >= 0.3 is 0 Å². The summed E-state index contributed by atoms with van der Waals surface area (Å²) in [5.74, 6) is -2.73. The summed E-state index contributed by atoms with van der Waals surface area (Å²) in [4.78, 5) is 23.5. The second-order valence-electron chi connectivity index (χ2n) is 6.22. The van der Waals surface area contributed by atoms with E-state index in [-0.39, 0.29) is 36.8 Å². The first-order valence-corrected chi connectivity index (χ1v) is 10.3. The molecule has 28 heavy (non-hydrogen) atoms. The number of amides is 1. The number of hydrogen-bond donors (Lipinski definition) is 1. The van der Waals surface area contributed by atoms with E-state index < -0.39 is 21.7 Å². The lowest BCUT2D eigenvalue weighted by Gasteiger charge is -2.22. The minimum Gasteiger partial charge on any atom is -0.326 e. The first kappa shape index (κ1) is 21.5. The van der Waals surface area contributed by atoms with E-state index in [2.05, 4.69) is 5.32 Å². The van der Waals surface area contributed by atoms with Crippen LogP contribution in [0.2, 0.25) is 0 Å². The molecule has 0 heterocycles. The molecule has 0 bridgehead atoms. The highest BCUT2D eigenvalue weighted by molar-refractivity contribution is 7.92. The fourth-order valence-electron chi connectivity index (χ4n) is 2.55. The highest BCUT2D eigenvalue weighted by atomic mass is 32.2. The molecule has 6 nitrogen and oxygen atoms in total. The Morgan fingerprint density at radius 2 is 1.79 bits per heavy atom. The molecule has 1 amide bonds. The molecule has 0 fully saturated rings. The molecule has 0 aromatic heterocycles. The van der Waals surface area contributed by atoms with Crippen molar-refractivity contribution < 1.29 is 26.8 Å². The topological polar surface area (TPSA) is 83.6 Å². The number of ketones is 1. The number of benzene rings is 2. The van der Waals surface area contributed by atoms with Gasteiger partial charge in [0.1, 0.15) is 0 Å². The summed E-state index contributed by atoms with van der Waals surface area (Å²) in [5.41, 5.74) is 0.897. The fraction of sp³-hybridized carbons (Fsp3) is 0.263. The van der Waals surface area contributed by atoms with E-state index in [0.717, 1.165) is 28.8 Å². The van der Waals surface area contributed by atoms with Gasteiger partial charge in [0.15, 0.2) is 17.4 Å². The molecule has 0 atom stereocenters. The van der Waals surface area contributed by atoms with Crippen molar-refractivity contribution in [1.29, 1.82) is 0 Å². The molecule has 2 rings (SSSR count). The third kappa shape index (κ3) is 5.85. The fourth-order valence-corrected chi connectivity index (χ4v) is 3.51. The van der Waals surface area contributed by atoms with Gasteiger partial charge in [-0.05, 0) is 37.6 Å². The van der Waals surface area contributed by atoms with Crippen molar-refractivity contribution in [2.75, 3.05) is 22.4 Å². The Bertz CT molecular complexity index is 993. The quantitative estimate of drug-likeness (QED) is 0.677. The maximum absolute atomic E-state index is 13.4. The van der Waals surface area contributed by atoms with Crippen LogP contribution in [0.3, 0.4) is 0 Å². The number of sulfonamides is 1. The van der Waals surface area contributed by atoms with Crippen molar-refractivity contribution in [2.24, 2.45) is 0 Å². The number of carbonyl (C=O) groups is 2. The van der Waals surface area contributed by atoms with Crippen LogP contribution in [0.5, 0.6) is 0 Å². The van der Waals surface area contributed by atoms with E-state index in [1.54, 1.807) is 24.3 Å². The lowest BCUT2D eigenvalue weighted by molar-refractivity contribution is -0.116. The van der Waals surface area contributed by atoms with Crippen molar-refractivity contribution in [3.63, 3.8) is 0 Å². The third-order valence-electron chi connectivity index (χ3n) is 3.91. The normalized spacial score (nSPS) is 11.1. The average molecular weight is 410 g/mol. The number of rotatable bonds is 8. The highest BCUT2D eigenvalue weighted by Crippen LogP contribution is 2.21. The van der Waals surface area contributed by atoms with E-state index in [0.29, 0.717) is 11.3 Å². The van der Waals surface area contributed by atoms with E-state index in [1.807, 2.05) is 0 Å². The Labute approximate surface area is 162 Å². The number of nitrogens with zero attached hydrogens (tertiary/aromatic N) is 1. The van der Waals surface area contributed by atoms with E-state index in [1.165, 1.54) is 6.92 Å². The van der Waals surface area contributed by atoms with E-state index >= 15 is 0 Å². The zero-order valence-electron chi connectivity index (χ0n) is 15.4. The second kappa shape index (κ2) is 8.92. The zero-order valence-corrected chi connectivity index (χ0v) is 16.2. The lowest BCUT2D eigenvalue weighted by Crippen LogP contribution is -2.31. The van der Waals surface area contributed by atoms with Gasteiger partial charge in [-0.1, -0.05) is 12.1 Å². The van der Waals surface area contributed by atoms with Crippen molar-refractivity contribution in [2.45, 2.75) is 19.8 Å². The molecular formula is C19H20F2N2O4S. The van der Waals surface area contributed by atoms with Crippen LogP contribution in [0.1, 0.15) is 30.1 Å². The molecule has 0 spiro atoms. The summed E-state index contributed by atoms with van der Waals surface area (Å²) in [6.07, 6.45) is 1.10. The van der Waals surface area contributed by atoms with Crippen molar-refractivity contribution >= 4 is 33.1 Å². The van der Waals surface area contributed by atoms with Crippen molar-refractivity contribution in [3.8, 4) is 0 Å². The molecular weight excluding hydrogens is 390 g/mol. The maximum Gasteiger partial charge on any atom is 0.232 e. The molecule has 0 aliphatic rings. The minimum absolute atomic E-state index is 0.00000409. The van der Waals surface area contributed by atoms with Gasteiger partial charge in [-0.3, -0.25) is 13.9 Å². The molecule has 0 unspecified atom stereocenters. The van der Waals surface area contributed by atoms with Crippen LogP contribution < -0.4 is 9.62 Å². The summed E-state index contributed by atoms with van der Waals surface area (Å²) in [6.45, 7) is 1.34. The third-order valence-corrected chi connectivity index (χ3v) is 5.10. The Hall–Kier alpha value is -2.81. The highest BCUT2D eigenvalue weighted by Gasteiger charge is 2.19. The van der Waals surface area contributed by atoms with Crippen molar-refractivity contribution in [3.05, 3.63) is 59.7 Å². The molecule has 0 aliphatic carbocycles. The Balaban J connectivity index is 2.00. The van der Waals surface area contributed by atoms with Crippen LogP contribution in [-0.4, -0.2) is 32.9 Å². The van der Waals surface area contributed by atoms with Gasteiger partial charge in [-0.15, -0.1) is 0 Å². The van der Waals surface area contributed by atoms with Gasteiger partial charge < -0.3 is 5.32 Å². The molecule has 2 aromatic rings. The van der Waals surface area contributed by atoms with Gasteiger partial charge in [-0.25, -0.2) is 17.2 Å². The predicted octanol–water partition coefficient (Wildman–Crippen LogP) is 3.35. The first-order valence-electron chi connectivity index (χ1n) is 8.41. The zero-order chi connectivity index (χ0) is 20.9. The Morgan fingerprint density at radius 3 is 2.39 bits per heavy atom. The number of anilines is 2. The molecule has 9 heteroatoms. The second-order valence-corrected chi connectivity index (χ2v) is 8.13. The van der Waals surface area contributed by atoms with Crippen LogP contribution >= 0.6 is 0 Å². The molecule has 1 N–H and O–H groups in total. The van der Waals surface area contributed by atoms with Crippen LogP contribution in [0.4, 0.5) is 20.2 Å². The van der Waals surface area contributed by atoms with Crippen LogP contribution in [0, 0.1) is 11.6 Å². The van der Waals surface area contributed by atoms with Gasteiger partial charge in [0.05, 0.1) is 11.9 Å². The molecule has 0 aliphatic heterocycles. The standard InChI is InChI=1S/C19H20F2N2O4S/c1-13(24)14-5-3-6-15(11-14)22-19(25)7-4-10-23(28(2,26)27)16-8-9-17(20)18(21)12-16/h3,5-6,8-9,11-12H,4,7,10H2,1-2H3,(H,22,25). The summed E-state index contributed by atoms with van der Waals surface area (Å²) >= 11 is 0. The number of Topliss-reactive ketones (excluding diaryl/α,β-unsaturated/α-hetero) is 1. The molecule has 0 saturated carbocycles. The van der Waals surface area contributed by atoms with Crippen LogP contribution in [-0.2, 0) is 14.8 Å². The Kier molecular flexibility index (Phi) is 6.85. The summed E-state index contributed by atoms with van der Waals surface area (Å²) < 4.78 is 51.4. The number of hydrogen-bond acceptors (Lipinski definition) is 4. The first-order chi connectivity index (χ1) is 13.1. The summed E-state index contributed by atoms with van der Waals surface area (Å²) in [5, 5.41) is 2.64. The van der Waals surface area contributed by atoms with Crippen molar-refractivity contribution in [1.82, 2.24) is 0 Å². The van der Waals surface area contributed by atoms with E-state index in [9.17, 15) is 26.8 Å². The largest absolute Gasteiger partial charge is 0.326 e. The summed E-state index contributed by atoms with van der Waals surface area (Å²) in [7, 11) is -3.74. The Morgan fingerprint density at radius 1 is 1.07 bits per heavy atom. The van der Waals surface area contributed by atoms with Crippen LogP contribution in [0.25, 0.3) is 0 Å². The van der Waals surface area contributed by atoms with Gasteiger partial charge in [0.25, 0.3) is 0 Å². The number of nitrogens with one attached hydrogen (secondary N) is 1. The summed E-state index contributed by atoms with van der Waals surface area (Å²) in [6, 6.07) is 9.25. The van der Waals surface area contributed by atoms with Gasteiger partial charge in [0.2, 0.25) is 15.9 Å². The SMILES string of the molecule is CC(=O)c1cccc(NC(=O)CCCN(c2ccc(F)c(F)c2)S(C)(=O)=O)c1. The molecule has 0 radical (unpaired) electrons. The monoisotopic (exact) mass is 410 g/mol.